The van der Waals surface area contributed by atoms with Gasteiger partial charge in [-0.15, -0.1) is 12.4 Å². The van der Waals surface area contributed by atoms with Crippen LogP contribution >= 0.6 is 12.4 Å². The van der Waals surface area contributed by atoms with Crippen molar-refractivity contribution in [3.05, 3.63) is 0 Å². The van der Waals surface area contributed by atoms with Crippen LogP contribution in [0.25, 0.3) is 0 Å². The van der Waals surface area contributed by atoms with Crippen LogP contribution in [0, 0.1) is 0 Å². The highest BCUT2D eigenvalue weighted by Crippen LogP contribution is 2.03. The van der Waals surface area contributed by atoms with Gasteiger partial charge in [-0.3, -0.25) is 9.59 Å². The predicted octanol–water partition coefficient (Wildman–Crippen LogP) is 1.75. The van der Waals surface area contributed by atoms with Crippen LogP contribution in [0.3, 0.4) is 0 Å². The summed E-state index contributed by atoms with van der Waals surface area (Å²) in [4.78, 5) is 19.5. The minimum absolute atomic E-state index is 0. The van der Waals surface area contributed by atoms with E-state index in [1.54, 1.807) is 0 Å². The van der Waals surface area contributed by atoms with Gasteiger partial charge in [-0.1, -0.05) is 32.6 Å². The minimum Gasteiger partial charge on any atom is -0.370 e. The second-order valence-electron chi connectivity index (χ2n) is 3.24. The van der Waals surface area contributed by atoms with Crippen molar-refractivity contribution in [1.29, 1.82) is 0 Å². The molecule has 0 radical (unpaired) electrons. The standard InChI is InChI=1S/C8H17NO.C2H5NO.ClH/c1-2-3-4-5-6-7-8(9)10;1-2(3)4;/h2-7H2,1H3,(H2,9,10);1H3,(H2,3,4);1H. The molecule has 0 aliphatic heterocycles. The summed E-state index contributed by atoms with van der Waals surface area (Å²) in [5, 5.41) is 0. The molecule has 92 valence electrons. The van der Waals surface area contributed by atoms with Crippen molar-refractivity contribution in [2.75, 3.05) is 0 Å². The van der Waals surface area contributed by atoms with E-state index in [1.807, 2.05) is 0 Å². The number of hydrogen-bond donors (Lipinski definition) is 2. The lowest BCUT2D eigenvalue weighted by Crippen LogP contribution is -2.09. The second kappa shape index (κ2) is 15.7. The molecule has 15 heavy (non-hydrogen) atoms. The Hall–Kier alpha value is -0.770. The van der Waals surface area contributed by atoms with Crippen LogP contribution in [0.5, 0.6) is 0 Å². The molecule has 0 heterocycles. The molecule has 4 N–H and O–H groups in total. The molecule has 0 fully saturated rings. The molecule has 0 aromatic heterocycles. The number of amides is 2. The van der Waals surface area contributed by atoms with Crippen molar-refractivity contribution in [3.63, 3.8) is 0 Å². The van der Waals surface area contributed by atoms with Crippen LogP contribution < -0.4 is 11.5 Å². The summed E-state index contributed by atoms with van der Waals surface area (Å²) >= 11 is 0. The Morgan fingerprint density at radius 2 is 1.40 bits per heavy atom. The highest BCUT2D eigenvalue weighted by Gasteiger charge is 1.92. The molecule has 0 aliphatic carbocycles. The summed E-state index contributed by atoms with van der Waals surface area (Å²) in [7, 11) is 0. The van der Waals surface area contributed by atoms with Gasteiger partial charge in [-0.25, -0.2) is 0 Å². The van der Waals surface area contributed by atoms with Crippen molar-refractivity contribution in [2.45, 2.75) is 52.4 Å². The fraction of sp³-hybridized carbons (Fsp3) is 0.800. The van der Waals surface area contributed by atoms with E-state index in [4.69, 9.17) is 5.73 Å². The van der Waals surface area contributed by atoms with E-state index in [1.165, 1.54) is 26.2 Å². The average molecular weight is 239 g/mol. The highest BCUT2D eigenvalue weighted by atomic mass is 35.5. The first-order valence-electron chi connectivity index (χ1n) is 5.05. The SMILES string of the molecule is CC(N)=O.CCCCCCCC(N)=O.Cl. The van der Waals surface area contributed by atoms with Crippen molar-refractivity contribution < 1.29 is 9.59 Å². The lowest BCUT2D eigenvalue weighted by atomic mass is 10.1. The fourth-order valence-corrected chi connectivity index (χ4v) is 0.903. The molecular weight excluding hydrogens is 216 g/mol. The first-order valence-corrected chi connectivity index (χ1v) is 5.05. The number of hydrogen-bond acceptors (Lipinski definition) is 2. The molecule has 0 saturated carbocycles. The zero-order valence-electron chi connectivity index (χ0n) is 9.62. The van der Waals surface area contributed by atoms with Gasteiger partial charge >= 0.3 is 0 Å². The van der Waals surface area contributed by atoms with Gasteiger partial charge in [0.15, 0.2) is 0 Å². The Balaban J connectivity index is -0.000000249. The van der Waals surface area contributed by atoms with Crippen molar-refractivity contribution >= 4 is 24.2 Å². The van der Waals surface area contributed by atoms with Crippen LogP contribution in [-0.4, -0.2) is 11.8 Å². The quantitative estimate of drug-likeness (QED) is 0.691. The molecule has 0 aromatic rings. The maximum Gasteiger partial charge on any atom is 0.217 e. The Labute approximate surface area is 98.2 Å². The Morgan fingerprint density at radius 1 is 1.00 bits per heavy atom. The second-order valence-corrected chi connectivity index (χ2v) is 3.24. The van der Waals surface area contributed by atoms with Gasteiger partial charge in [-0.2, -0.15) is 0 Å². The summed E-state index contributed by atoms with van der Waals surface area (Å²) in [6.07, 6.45) is 6.44. The Kier molecular flexibility index (Phi) is 20.7. The summed E-state index contributed by atoms with van der Waals surface area (Å²) in [6, 6.07) is 0. The average Bonchev–Trinajstić information content (AvgIpc) is 2.02. The van der Waals surface area contributed by atoms with Gasteiger partial charge in [0.05, 0.1) is 0 Å². The predicted molar refractivity (Wildman–Crippen MR) is 64.7 cm³/mol. The Morgan fingerprint density at radius 3 is 1.73 bits per heavy atom. The topological polar surface area (TPSA) is 86.2 Å². The monoisotopic (exact) mass is 238 g/mol. The molecule has 0 rings (SSSR count). The molecule has 0 bridgehead atoms. The van der Waals surface area contributed by atoms with Crippen LogP contribution in [0.2, 0.25) is 0 Å². The molecule has 0 aromatic carbocycles. The maximum absolute atomic E-state index is 10.3. The first kappa shape index (κ1) is 19.7. The third-order valence-corrected chi connectivity index (χ3v) is 1.53. The molecular formula is C10H23ClN2O2. The number of primary amides is 2. The highest BCUT2D eigenvalue weighted by molar-refractivity contribution is 5.85. The van der Waals surface area contributed by atoms with Gasteiger partial charge in [-0.05, 0) is 6.42 Å². The van der Waals surface area contributed by atoms with Crippen molar-refractivity contribution in [3.8, 4) is 0 Å². The zero-order chi connectivity index (χ0) is 11.4. The van der Waals surface area contributed by atoms with Crippen LogP contribution in [-0.2, 0) is 9.59 Å². The minimum atomic E-state index is -0.333. The number of nitrogens with two attached hydrogens (primary N) is 2. The Bertz CT molecular complexity index is 160. The lowest BCUT2D eigenvalue weighted by molar-refractivity contribution is -0.118. The van der Waals surface area contributed by atoms with Crippen LogP contribution in [0.15, 0.2) is 0 Å². The van der Waals surface area contributed by atoms with E-state index in [2.05, 4.69) is 12.7 Å². The molecule has 0 spiro atoms. The lowest BCUT2D eigenvalue weighted by Gasteiger charge is -1.95. The molecule has 0 saturated heterocycles. The molecule has 0 unspecified atom stereocenters. The first-order chi connectivity index (χ1) is 6.50. The third kappa shape index (κ3) is 43.0. The van der Waals surface area contributed by atoms with Gasteiger partial charge in [0, 0.05) is 13.3 Å². The number of unbranched alkanes of at least 4 members (excludes halogenated alkanes) is 4. The van der Waals surface area contributed by atoms with Crippen LogP contribution in [0.4, 0.5) is 0 Å². The largest absolute Gasteiger partial charge is 0.370 e. The molecule has 4 nitrogen and oxygen atoms in total. The van der Waals surface area contributed by atoms with Crippen LogP contribution in [0.1, 0.15) is 52.4 Å². The maximum atomic E-state index is 10.3. The number of rotatable bonds is 6. The smallest absolute Gasteiger partial charge is 0.217 e. The molecule has 0 atom stereocenters. The van der Waals surface area contributed by atoms with Crippen molar-refractivity contribution in [2.24, 2.45) is 11.5 Å². The number of carbonyl (C=O) groups excluding carboxylic acids is 2. The van der Waals surface area contributed by atoms with Gasteiger partial charge in [0.25, 0.3) is 0 Å². The normalized spacial score (nSPS) is 8.13. The number of carbonyl (C=O) groups is 2. The van der Waals surface area contributed by atoms with E-state index < -0.39 is 0 Å². The molecule has 5 heteroatoms. The summed E-state index contributed by atoms with van der Waals surface area (Å²) in [5.74, 6) is -0.503. The third-order valence-electron chi connectivity index (χ3n) is 1.53. The molecule has 0 aliphatic rings. The van der Waals surface area contributed by atoms with E-state index in [0.29, 0.717) is 6.42 Å². The van der Waals surface area contributed by atoms with Crippen molar-refractivity contribution in [1.82, 2.24) is 0 Å². The van der Waals surface area contributed by atoms with E-state index >= 15 is 0 Å². The summed E-state index contributed by atoms with van der Waals surface area (Å²) < 4.78 is 0. The summed E-state index contributed by atoms with van der Waals surface area (Å²) in [5.41, 5.74) is 9.44. The van der Waals surface area contributed by atoms with E-state index in [-0.39, 0.29) is 24.2 Å². The van der Waals surface area contributed by atoms with Gasteiger partial charge in [0.1, 0.15) is 0 Å². The van der Waals surface area contributed by atoms with E-state index in [0.717, 1.165) is 12.8 Å². The van der Waals surface area contributed by atoms with Gasteiger partial charge < -0.3 is 11.5 Å². The zero-order valence-corrected chi connectivity index (χ0v) is 10.4. The number of halogens is 1. The van der Waals surface area contributed by atoms with E-state index in [9.17, 15) is 9.59 Å². The fourth-order valence-electron chi connectivity index (χ4n) is 0.903. The van der Waals surface area contributed by atoms with Gasteiger partial charge in [0.2, 0.25) is 11.8 Å². The molecule has 2 amide bonds. The summed E-state index contributed by atoms with van der Waals surface area (Å²) in [6.45, 7) is 3.48.